The lowest BCUT2D eigenvalue weighted by Crippen LogP contribution is -2.53. The molecule has 4 aromatic carbocycles. The lowest BCUT2D eigenvalue weighted by atomic mass is 10.0. The lowest BCUT2D eigenvalue weighted by Gasteiger charge is -2.34. The first-order valence-corrected chi connectivity index (χ1v) is 16.0. The Kier molecular flexibility index (Phi) is 10.9. The van der Waals surface area contributed by atoms with Gasteiger partial charge in [0.25, 0.3) is 10.0 Å². The normalized spacial score (nSPS) is 12.0. The first-order chi connectivity index (χ1) is 21.1. The summed E-state index contributed by atoms with van der Waals surface area (Å²) in [4.78, 5) is 29.4. The standard InChI is InChI=1S/C35H38FN3O4S/c1-26(2)23-37-35(41)33(22-28-12-6-4-7-13-28)38(24-29-14-10-11-17-32(29)36)34(40)25-39(30-15-8-5-9-16-30)44(42,43)31-20-18-27(3)19-21-31/h4-21,26,33H,22-25H2,1-3H3,(H,37,41)/t33-/m0/s1. The molecule has 1 atom stereocenters. The Balaban J connectivity index is 1.79. The van der Waals surface area contributed by atoms with Crippen molar-refractivity contribution in [2.75, 3.05) is 17.4 Å². The van der Waals surface area contributed by atoms with E-state index in [2.05, 4.69) is 5.32 Å². The van der Waals surface area contributed by atoms with Crippen LogP contribution in [0.25, 0.3) is 0 Å². The summed E-state index contributed by atoms with van der Waals surface area (Å²) in [7, 11) is -4.20. The molecule has 0 radical (unpaired) electrons. The van der Waals surface area contributed by atoms with Crippen LogP contribution in [-0.4, -0.2) is 44.3 Å². The highest BCUT2D eigenvalue weighted by atomic mass is 32.2. The Labute approximate surface area is 259 Å². The van der Waals surface area contributed by atoms with Crippen LogP contribution in [0, 0.1) is 18.7 Å². The van der Waals surface area contributed by atoms with Gasteiger partial charge in [0, 0.05) is 25.1 Å². The van der Waals surface area contributed by atoms with Crippen molar-refractivity contribution in [3.05, 3.63) is 132 Å². The molecule has 9 heteroatoms. The molecule has 0 aliphatic heterocycles. The van der Waals surface area contributed by atoms with Gasteiger partial charge in [-0.15, -0.1) is 0 Å². The van der Waals surface area contributed by atoms with Crippen LogP contribution in [0.3, 0.4) is 0 Å². The molecule has 0 saturated heterocycles. The molecule has 7 nitrogen and oxygen atoms in total. The SMILES string of the molecule is Cc1ccc(S(=O)(=O)N(CC(=O)N(Cc2ccccc2F)[C@@H](Cc2ccccc2)C(=O)NCC(C)C)c2ccccc2)cc1. The number of anilines is 1. The predicted octanol–water partition coefficient (Wildman–Crippen LogP) is 5.74. The Morgan fingerprint density at radius 3 is 2.02 bits per heavy atom. The number of hydrogen-bond acceptors (Lipinski definition) is 4. The van der Waals surface area contributed by atoms with Gasteiger partial charge in [-0.05, 0) is 48.7 Å². The molecule has 0 unspecified atom stereocenters. The zero-order valence-corrected chi connectivity index (χ0v) is 26.0. The number of nitrogens with one attached hydrogen (secondary N) is 1. The number of carbonyl (C=O) groups excluding carboxylic acids is 2. The molecule has 0 bridgehead atoms. The number of carbonyl (C=O) groups is 2. The highest BCUT2D eigenvalue weighted by Gasteiger charge is 2.35. The molecule has 4 rings (SSSR count). The van der Waals surface area contributed by atoms with E-state index in [-0.39, 0.29) is 35.0 Å². The zero-order valence-electron chi connectivity index (χ0n) is 25.2. The van der Waals surface area contributed by atoms with Gasteiger partial charge in [-0.3, -0.25) is 13.9 Å². The van der Waals surface area contributed by atoms with Gasteiger partial charge in [-0.1, -0.05) is 98.3 Å². The molecule has 0 aliphatic carbocycles. The van der Waals surface area contributed by atoms with Gasteiger partial charge < -0.3 is 10.2 Å². The summed E-state index contributed by atoms with van der Waals surface area (Å²) in [5, 5.41) is 2.93. The van der Waals surface area contributed by atoms with Crippen molar-refractivity contribution in [2.45, 2.75) is 44.7 Å². The zero-order chi connectivity index (χ0) is 31.7. The Morgan fingerprint density at radius 2 is 1.41 bits per heavy atom. The van der Waals surface area contributed by atoms with E-state index in [4.69, 9.17) is 0 Å². The maximum Gasteiger partial charge on any atom is 0.264 e. The van der Waals surface area contributed by atoms with Gasteiger partial charge in [-0.25, -0.2) is 12.8 Å². The van der Waals surface area contributed by atoms with Gasteiger partial charge in [0.05, 0.1) is 10.6 Å². The van der Waals surface area contributed by atoms with Gasteiger partial charge in [0.1, 0.15) is 18.4 Å². The molecule has 230 valence electrons. The van der Waals surface area contributed by atoms with Crippen molar-refractivity contribution in [3.8, 4) is 0 Å². The Hall–Kier alpha value is -4.50. The number of benzene rings is 4. The van der Waals surface area contributed by atoms with Crippen LogP contribution in [0.4, 0.5) is 10.1 Å². The molecule has 44 heavy (non-hydrogen) atoms. The van der Waals surface area contributed by atoms with E-state index < -0.39 is 40.2 Å². The highest BCUT2D eigenvalue weighted by Crippen LogP contribution is 2.25. The van der Waals surface area contributed by atoms with Crippen LogP contribution in [0.2, 0.25) is 0 Å². The molecule has 0 spiro atoms. The molecule has 0 fully saturated rings. The van der Waals surface area contributed by atoms with Crippen molar-refractivity contribution in [3.63, 3.8) is 0 Å². The second kappa shape index (κ2) is 14.8. The van der Waals surface area contributed by atoms with Crippen molar-refractivity contribution in [1.82, 2.24) is 10.2 Å². The number of rotatable bonds is 13. The van der Waals surface area contributed by atoms with Gasteiger partial charge in [0.15, 0.2) is 0 Å². The summed E-state index contributed by atoms with van der Waals surface area (Å²) >= 11 is 0. The average Bonchev–Trinajstić information content (AvgIpc) is 3.02. The summed E-state index contributed by atoms with van der Waals surface area (Å²) in [5.74, 6) is -1.42. The number of sulfonamides is 1. The fraction of sp³-hybridized carbons (Fsp3) is 0.257. The number of hydrogen-bond donors (Lipinski definition) is 1. The van der Waals surface area contributed by atoms with E-state index in [0.29, 0.717) is 6.54 Å². The van der Waals surface area contributed by atoms with E-state index in [1.54, 1.807) is 60.7 Å². The van der Waals surface area contributed by atoms with Gasteiger partial charge >= 0.3 is 0 Å². The lowest BCUT2D eigenvalue weighted by molar-refractivity contribution is -0.140. The molecule has 1 N–H and O–H groups in total. The van der Waals surface area contributed by atoms with Crippen LogP contribution in [-0.2, 0) is 32.6 Å². The van der Waals surface area contributed by atoms with E-state index >= 15 is 0 Å². The van der Waals surface area contributed by atoms with E-state index in [9.17, 15) is 22.4 Å². The van der Waals surface area contributed by atoms with Crippen LogP contribution < -0.4 is 9.62 Å². The third-order valence-electron chi connectivity index (χ3n) is 7.19. The maximum atomic E-state index is 15.0. The second-order valence-corrected chi connectivity index (χ2v) is 13.0. The largest absolute Gasteiger partial charge is 0.354 e. The highest BCUT2D eigenvalue weighted by molar-refractivity contribution is 7.92. The smallest absolute Gasteiger partial charge is 0.264 e. The summed E-state index contributed by atoms with van der Waals surface area (Å²) in [5.41, 5.74) is 2.19. The fourth-order valence-corrected chi connectivity index (χ4v) is 6.16. The van der Waals surface area contributed by atoms with Crippen LogP contribution in [0.5, 0.6) is 0 Å². The van der Waals surface area contributed by atoms with E-state index in [1.807, 2.05) is 51.1 Å². The summed E-state index contributed by atoms with van der Waals surface area (Å²) < 4.78 is 44.0. The molecule has 0 saturated carbocycles. The monoisotopic (exact) mass is 615 g/mol. The van der Waals surface area contributed by atoms with Crippen molar-refractivity contribution in [2.24, 2.45) is 5.92 Å². The molecular weight excluding hydrogens is 577 g/mol. The minimum Gasteiger partial charge on any atom is -0.354 e. The fourth-order valence-electron chi connectivity index (χ4n) is 4.75. The topological polar surface area (TPSA) is 86.8 Å². The molecule has 0 aliphatic rings. The van der Waals surface area contributed by atoms with E-state index in [1.165, 1.54) is 23.1 Å². The van der Waals surface area contributed by atoms with Crippen molar-refractivity contribution in [1.29, 1.82) is 0 Å². The number of nitrogens with zero attached hydrogens (tertiary/aromatic N) is 2. The Morgan fingerprint density at radius 1 is 0.818 bits per heavy atom. The first-order valence-electron chi connectivity index (χ1n) is 14.5. The summed E-state index contributed by atoms with van der Waals surface area (Å²) in [6, 6.07) is 29.0. The molecule has 4 aromatic rings. The number of para-hydroxylation sites is 1. The molecular formula is C35H38FN3O4S. The quantitative estimate of drug-likeness (QED) is 0.208. The number of halogens is 1. The van der Waals surface area contributed by atoms with Crippen LogP contribution in [0.15, 0.2) is 114 Å². The van der Waals surface area contributed by atoms with Crippen molar-refractivity contribution < 1.29 is 22.4 Å². The maximum absolute atomic E-state index is 15.0. The third kappa shape index (κ3) is 8.32. The predicted molar refractivity (Wildman–Crippen MR) is 171 cm³/mol. The molecule has 0 aromatic heterocycles. The summed E-state index contributed by atoms with van der Waals surface area (Å²) in [6.07, 6.45) is 0.154. The number of aryl methyl sites for hydroxylation is 1. The minimum atomic E-state index is -4.20. The van der Waals surface area contributed by atoms with Gasteiger partial charge in [0.2, 0.25) is 11.8 Å². The van der Waals surface area contributed by atoms with Crippen LogP contribution >= 0.6 is 0 Å². The first kappa shape index (κ1) is 32.4. The van der Waals surface area contributed by atoms with Crippen molar-refractivity contribution >= 4 is 27.5 Å². The average molecular weight is 616 g/mol. The van der Waals surface area contributed by atoms with E-state index in [0.717, 1.165) is 15.4 Å². The molecule has 2 amide bonds. The van der Waals surface area contributed by atoms with Crippen LogP contribution in [0.1, 0.15) is 30.5 Å². The second-order valence-electron chi connectivity index (χ2n) is 11.1. The third-order valence-corrected chi connectivity index (χ3v) is 8.97. The number of amides is 2. The minimum absolute atomic E-state index is 0.0240. The summed E-state index contributed by atoms with van der Waals surface area (Å²) in [6.45, 7) is 5.32. The molecule has 0 heterocycles. The van der Waals surface area contributed by atoms with Gasteiger partial charge in [-0.2, -0.15) is 0 Å². The Bertz CT molecular complexity index is 1650.